The molecule has 0 N–H and O–H groups in total. The van der Waals surface area contributed by atoms with Gasteiger partial charge in [0, 0.05) is 15.0 Å². The van der Waals surface area contributed by atoms with Crippen molar-refractivity contribution in [3.8, 4) is 0 Å². The Morgan fingerprint density at radius 1 is 1.75 bits per heavy atom. The highest BCUT2D eigenvalue weighted by Crippen LogP contribution is 2.34. The Kier molecular flexibility index (Phi) is 4.23. The number of alkyl halides is 2. The lowest BCUT2D eigenvalue weighted by molar-refractivity contribution is -0.190. The van der Waals surface area contributed by atoms with Crippen molar-refractivity contribution in [3.63, 3.8) is 0 Å². The van der Waals surface area contributed by atoms with Crippen LogP contribution in [0.1, 0.15) is 6.92 Å². The monoisotopic (exact) mass is 143 g/mol. The maximum atomic E-state index is 11.2. The van der Waals surface area contributed by atoms with Gasteiger partial charge in [0.25, 0.3) is 6.17 Å². The van der Waals surface area contributed by atoms with Gasteiger partial charge in [-0.25, -0.2) is 8.78 Å². The van der Waals surface area contributed by atoms with Crippen LogP contribution in [0.15, 0.2) is 0 Å². The number of hydrogen-bond donors (Lipinski definition) is 0. The third kappa shape index (κ3) is 3.24. The molecule has 0 spiro atoms. The highest BCUT2D eigenvalue weighted by molar-refractivity contribution is 7.45. The molecule has 5 heteroatoms. The topological polar surface area (TPSA) is 32.3 Å². The van der Waals surface area contributed by atoms with Gasteiger partial charge >= 0.3 is 0 Å². The number of rotatable bonds is 3. The van der Waals surface area contributed by atoms with Crippen LogP contribution < -0.4 is 4.89 Å². The fraction of sp³-hybridized carbons (Fsp3) is 1.00. The highest BCUT2D eigenvalue weighted by Gasteiger charge is 2.05. The first kappa shape index (κ1) is 8.21. The molecule has 1 unspecified atom stereocenters. The standard InChI is InChI=1S/C3H6F2O2P/c1-2-7-8(6)3(4)5/h3H,2H2,1H3/q-1. The molecule has 0 radical (unpaired) electrons. The lowest BCUT2D eigenvalue weighted by Gasteiger charge is -2.19. The summed E-state index contributed by atoms with van der Waals surface area (Å²) in [6.07, 6.45) is -2.84. The summed E-state index contributed by atoms with van der Waals surface area (Å²) in [6, 6.07) is 0. The highest BCUT2D eigenvalue weighted by atomic mass is 31.2. The van der Waals surface area contributed by atoms with Crippen molar-refractivity contribution in [2.24, 2.45) is 0 Å². The van der Waals surface area contributed by atoms with Crippen LogP contribution >= 0.6 is 8.38 Å². The molecule has 0 saturated carbocycles. The lowest BCUT2D eigenvalue weighted by atomic mass is 10.9. The Labute approximate surface area is 47.4 Å². The molecule has 0 aromatic carbocycles. The molecular weight excluding hydrogens is 137 g/mol. The molecular formula is C3H6F2O2P-. The van der Waals surface area contributed by atoms with E-state index in [-0.39, 0.29) is 6.61 Å². The van der Waals surface area contributed by atoms with Crippen LogP contribution in [0.2, 0.25) is 0 Å². The van der Waals surface area contributed by atoms with E-state index in [2.05, 4.69) is 4.52 Å². The van der Waals surface area contributed by atoms with Crippen molar-refractivity contribution >= 4 is 8.38 Å². The van der Waals surface area contributed by atoms with E-state index in [4.69, 9.17) is 0 Å². The second-order valence-electron chi connectivity index (χ2n) is 0.981. The molecule has 0 amide bonds. The van der Waals surface area contributed by atoms with Crippen molar-refractivity contribution in [2.75, 3.05) is 6.61 Å². The third-order valence-electron chi connectivity index (χ3n) is 0.416. The van der Waals surface area contributed by atoms with Gasteiger partial charge in [0.1, 0.15) is 0 Å². The van der Waals surface area contributed by atoms with Gasteiger partial charge in [-0.05, 0) is 6.92 Å². The predicted molar refractivity (Wildman–Crippen MR) is 24.5 cm³/mol. The Hall–Kier alpha value is 0.210. The van der Waals surface area contributed by atoms with Crippen LogP contribution in [0.5, 0.6) is 0 Å². The van der Waals surface area contributed by atoms with E-state index in [1.54, 1.807) is 0 Å². The first-order valence-electron chi connectivity index (χ1n) is 2.06. The van der Waals surface area contributed by atoms with E-state index >= 15 is 0 Å². The molecule has 0 saturated heterocycles. The zero-order valence-electron chi connectivity index (χ0n) is 4.30. The van der Waals surface area contributed by atoms with Crippen molar-refractivity contribution in [1.82, 2.24) is 0 Å². The van der Waals surface area contributed by atoms with Crippen LogP contribution in [0.25, 0.3) is 0 Å². The Morgan fingerprint density at radius 2 is 2.25 bits per heavy atom. The molecule has 8 heavy (non-hydrogen) atoms. The van der Waals surface area contributed by atoms with Gasteiger partial charge in [-0.3, -0.25) is 0 Å². The Balaban J connectivity index is 3.17. The summed E-state index contributed by atoms with van der Waals surface area (Å²) in [6.45, 7) is 1.58. The molecule has 0 fully saturated rings. The van der Waals surface area contributed by atoms with Gasteiger partial charge < -0.3 is 9.42 Å². The van der Waals surface area contributed by atoms with E-state index < -0.39 is 14.5 Å². The van der Waals surface area contributed by atoms with Gasteiger partial charge in [-0.15, -0.1) is 0 Å². The van der Waals surface area contributed by atoms with E-state index in [1.165, 1.54) is 6.92 Å². The smallest absolute Gasteiger partial charge is 0.265 e. The molecule has 0 aliphatic heterocycles. The summed E-state index contributed by atoms with van der Waals surface area (Å²) in [5, 5.41) is 0. The minimum atomic E-state index is -2.84. The van der Waals surface area contributed by atoms with Gasteiger partial charge in [-0.2, -0.15) is 0 Å². The zero-order chi connectivity index (χ0) is 6.57. The SMILES string of the molecule is CCOP([O-])C(F)F. The van der Waals surface area contributed by atoms with E-state index in [1.807, 2.05) is 0 Å². The van der Waals surface area contributed by atoms with Crippen LogP contribution in [0.4, 0.5) is 8.78 Å². The van der Waals surface area contributed by atoms with Gasteiger partial charge in [0.05, 0.1) is 0 Å². The summed E-state index contributed by atoms with van der Waals surface area (Å²) in [7, 11) is -2.72. The van der Waals surface area contributed by atoms with Crippen molar-refractivity contribution in [3.05, 3.63) is 0 Å². The minimum absolute atomic E-state index is 0.0690. The fourth-order valence-electron chi connectivity index (χ4n) is 0.184. The first-order chi connectivity index (χ1) is 3.68. The average Bonchev–Trinajstić information content (AvgIpc) is 1.67. The Morgan fingerprint density at radius 3 is 2.38 bits per heavy atom. The number of halogens is 2. The molecule has 1 atom stereocenters. The summed E-state index contributed by atoms with van der Waals surface area (Å²) in [4.78, 5) is 9.92. The normalized spacial score (nSPS) is 14.6. The minimum Gasteiger partial charge on any atom is -0.804 e. The predicted octanol–water partition coefficient (Wildman–Crippen LogP) is 0.918. The fourth-order valence-corrected chi connectivity index (χ4v) is 0.551. The largest absolute Gasteiger partial charge is 0.804 e. The van der Waals surface area contributed by atoms with E-state index in [9.17, 15) is 13.7 Å². The maximum absolute atomic E-state index is 11.2. The lowest BCUT2D eigenvalue weighted by Crippen LogP contribution is -2.05. The van der Waals surface area contributed by atoms with Crippen LogP contribution in [0.3, 0.4) is 0 Å². The summed E-state index contributed by atoms with van der Waals surface area (Å²) in [5.41, 5.74) is 0. The molecule has 0 aromatic rings. The molecule has 50 valence electrons. The average molecular weight is 143 g/mol. The van der Waals surface area contributed by atoms with E-state index in [0.29, 0.717) is 0 Å². The second kappa shape index (κ2) is 4.13. The molecule has 0 rings (SSSR count). The first-order valence-corrected chi connectivity index (χ1v) is 3.30. The third-order valence-corrected chi connectivity index (χ3v) is 1.25. The maximum Gasteiger partial charge on any atom is 0.265 e. The Bertz CT molecular complexity index is 61.2. The van der Waals surface area contributed by atoms with Crippen LogP contribution in [0, 0.1) is 0 Å². The van der Waals surface area contributed by atoms with Crippen molar-refractivity contribution in [1.29, 1.82) is 0 Å². The second-order valence-corrected chi connectivity index (χ2v) is 2.20. The van der Waals surface area contributed by atoms with Crippen molar-refractivity contribution in [2.45, 2.75) is 13.1 Å². The summed E-state index contributed by atoms with van der Waals surface area (Å²) in [5.74, 6) is 0. The molecule has 2 nitrogen and oxygen atoms in total. The zero-order valence-corrected chi connectivity index (χ0v) is 5.20. The van der Waals surface area contributed by atoms with E-state index in [0.717, 1.165) is 0 Å². The summed E-state index contributed by atoms with van der Waals surface area (Å²) >= 11 is 0. The number of hydrogen-bond acceptors (Lipinski definition) is 2. The van der Waals surface area contributed by atoms with Crippen LogP contribution in [-0.2, 0) is 4.52 Å². The van der Waals surface area contributed by atoms with Crippen molar-refractivity contribution < 1.29 is 18.2 Å². The molecule has 0 heterocycles. The summed E-state index contributed by atoms with van der Waals surface area (Å²) < 4.78 is 26.5. The molecule has 0 aromatic heterocycles. The van der Waals surface area contributed by atoms with Gasteiger partial charge in [0.15, 0.2) is 0 Å². The van der Waals surface area contributed by atoms with Gasteiger partial charge in [0.2, 0.25) is 0 Å². The van der Waals surface area contributed by atoms with Crippen LogP contribution in [-0.4, -0.2) is 12.8 Å². The molecule has 0 aliphatic carbocycles. The quantitative estimate of drug-likeness (QED) is 0.550. The molecule has 0 aliphatic rings. The van der Waals surface area contributed by atoms with Gasteiger partial charge in [-0.1, -0.05) is 0 Å². The molecule has 0 bridgehead atoms.